The number of carbonyl (C=O) groups excluding carboxylic acids is 1. The fraction of sp³-hybridized carbons (Fsp3) is 0.941. The van der Waals surface area contributed by atoms with Gasteiger partial charge in [-0.3, -0.25) is 0 Å². The average molecular weight is 323 g/mol. The van der Waals surface area contributed by atoms with Crippen LogP contribution in [0.25, 0.3) is 0 Å². The Morgan fingerprint density at radius 1 is 1.17 bits per heavy atom. The van der Waals surface area contributed by atoms with Gasteiger partial charge in [0.1, 0.15) is 5.60 Å². The highest BCUT2D eigenvalue weighted by molar-refractivity contribution is 6.51. The first-order valence-corrected chi connectivity index (χ1v) is 8.70. The Kier molecular flexibility index (Phi) is 3.63. The zero-order valence-electron chi connectivity index (χ0n) is 15.6. The monoisotopic (exact) mass is 323 g/mol. The lowest BCUT2D eigenvalue weighted by Gasteiger charge is -2.35. The van der Waals surface area contributed by atoms with Crippen LogP contribution in [0, 0.1) is 5.92 Å². The van der Waals surface area contributed by atoms with Crippen molar-refractivity contribution in [3.05, 3.63) is 0 Å². The highest BCUT2D eigenvalue weighted by Gasteiger charge is 2.71. The van der Waals surface area contributed by atoms with Crippen molar-refractivity contribution in [1.29, 1.82) is 0 Å². The zero-order valence-corrected chi connectivity index (χ0v) is 15.6. The molecule has 2 aliphatic heterocycles. The van der Waals surface area contributed by atoms with E-state index in [1.54, 1.807) is 0 Å². The van der Waals surface area contributed by atoms with Gasteiger partial charge in [-0.1, -0.05) is 0 Å². The van der Waals surface area contributed by atoms with E-state index in [0.29, 0.717) is 12.5 Å². The van der Waals surface area contributed by atoms with Crippen molar-refractivity contribution in [2.24, 2.45) is 5.92 Å². The first kappa shape index (κ1) is 17.1. The molecule has 6 heteroatoms. The Morgan fingerprint density at radius 3 is 2.26 bits per heavy atom. The lowest BCUT2D eigenvalue weighted by molar-refractivity contribution is 0.00578. The molecule has 5 nitrogen and oxygen atoms in total. The molecule has 0 aromatic heterocycles. The summed E-state index contributed by atoms with van der Waals surface area (Å²) in [6, 6.07) is 0. The summed E-state index contributed by atoms with van der Waals surface area (Å²) in [4.78, 5) is 14.2. The predicted molar refractivity (Wildman–Crippen MR) is 89.3 cm³/mol. The van der Waals surface area contributed by atoms with Crippen LogP contribution in [0.5, 0.6) is 0 Å². The number of ether oxygens (including phenoxy) is 1. The molecule has 0 bridgehead atoms. The molecule has 0 aromatic carbocycles. The van der Waals surface area contributed by atoms with Crippen LogP contribution in [-0.4, -0.2) is 48.0 Å². The number of hydrogen-bond acceptors (Lipinski definition) is 4. The van der Waals surface area contributed by atoms with Crippen LogP contribution in [0.2, 0.25) is 5.31 Å². The van der Waals surface area contributed by atoms with Crippen molar-refractivity contribution in [2.75, 3.05) is 13.1 Å². The van der Waals surface area contributed by atoms with Gasteiger partial charge in [0.2, 0.25) is 0 Å². The third kappa shape index (κ3) is 2.89. The summed E-state index contributed by atoms with van der Waals surface area (Å²) in [6.45, 7) is 15.5. The lowest BCUT2D eigenvalue weighted by atomic mass is 9.64. The molecule has 0 spiro atoms. The largest absolute Gasteiger partial charge is 0.466 e. The zero-order chi connectivity index (χ0) is 17.3. The summed E-state index contributed by atoms with van der Waals surface area (Å²) in [7, 11) is -0.234. The van der Waals surface area contributed by atoms with Gasteiger partial charge < -0.3 is 18.9 Å². The van der Waals surface area contributed by atoms with Crippen LogP contribution in [-0.2, 0) is 14.0 Å². The first-order valence-electron chi connectivity index (χ1n) is 8.70. The third-order valence-electron chi connectivity index (χ3n) is 5.89. The molecule has 1 aliphatic carbocycles. The Labute approximate surface area is 140 Å². The molecule has 23 heavy (non-hydrogen) atoms. The molecule has 1 saturated carbocycles. The Hall–Kier alpha value is -0.745. The molecule has 0 aromatic rings. The molecule has 3 fully saturated rings. The van der Waals surface area contributed by atoms with Gasteiger partial charge in [0.25, 0.3) is 0 Å². The minimum Gasteiger partial charge on any atom is -0.444 e. The predicted octanol–water partition coefficient (Wildman–Crippen LogP) is 3.48. The van der Waals surface area contributed by atoms with E-state index in [4.69, 9.17) is 14.0 Å². The molecular formula is C17H30BNO4. The fourth-order valence-corrected chi connectivity index (χ4v) is 3.65. The SMILES string of the molecule is CC(C)(C)OC(=O)N1CCC2CC2(B2OC(C)(C)C(C)(C)O2)C1. The quantitative estimate of drug-likeness (QED) is 0.693. The molecule has 2 unspecified atom stereocenters. The highest BCUT2D eigenvalue weighted by atomic mass is 16.7. The van der Waals surface area contributed by atoms with Crippen molar-refractivity contribution in [3.8, 4) is 0 Å². The van der Waals surface area contributed by atoms with Gasteiger partial charge in [-0.15, -0.1) is 0 Å². The molecule has 2 heterocycles. The summed E-state index contributed by atoms with van der Waals surface area (Å²) >= 11 is 0. The molecular weight excluding hydrogens is 293 g/mol. The number of piperidine rings is 1. The van der Waals surface area contributed by atoms with E-state index >= 15 is 0 Å². The molecule has 3 rings (SSSR count). The van der Waals surface area contributed by atoms with E-state index in [-0.39, 0.29) is 29.7 Å². The highest BCUT2D eigenvalue weighted by Crippen LogP contribution is 2.68. The van der Waals surface area contributed by atoms with Crippen LogP contribution in [0.15, 0.2) is 0 Å². The maximum absolute atomic E-state index is 12.4. The van der Waals surface area contributed by atoms with Gasteiger partial charge in [0, 0.05) is 18.4 Å². The van der Waals surface area contributed by atoms with Gasteiger partial charge in [-0.2, -0.15) is 0 Å². The molecule has 2 atom stereocenters. The third-order valence-corrected chi connectivity index (χ3v) is 5.89. The summed E-state index contributed by atoms with van der Waals surface area (Å²) in [5, 5.41) is -0.0554. The van der Waals surface area contributed by atoms with Gasteiger partial charge >= 0.3 is 13.2 Å². The van der Waals surface area contributed by atoms with Crippen LogP contribution in [0.4, 0.5) is 4.79 Å². The molecule has 3 aliphatic rings. The van der Waals surface area contributed by atoms with Crippen LogP contribution >= 0.6 is 0 Å². The first-order chi connectivity index (χ1) is 10.4. The molecule has 0 radical (unpaired) electrons. The van der Waals surface area contributed by atoms with Crippen molar-refractivity contribution in [3.63, 3.8) is 0 Å². The van der Waals surface area contributed by atoms with E-state index < -0.39 is 5.60 Å². The summed E-state index contributed by atoms with van der Waals surface area (Å²) in [5.74, 6) is 0.593. The number of amides is 1. The standard InChI is InChI=1S/C17H30BNO4/c1-14(2,3)21-13(20)19-9-8-12-10-17(12,11-19)18-22-15(4,5)16(6,7)23-18/h12H,8-11H2,1-7H3. The normalized spacial score (nSPS) is 35.0. The number of rotatable bonds is 1. The summed E-state index contributed by atoms with van der Waals surface area (Å²) in [5.41, 5.74) is -1.11. The Balaban J connectivity index is 1.71. The maximum Gasteiger partial charge on any atom is 0.466 e. The molecule has 130 valence electrons. The van der Waals surface area contributed by atoms with E-state index in [0.717, 1.165) is 19.4 Å². The van der Waals surface area contributed by atoms with Crippen LogP contribution in [0.3, 0.4) is 0 Å². The van der Waals surface area contributed by atoms with Crippen molar-refractivity contribution < 1.29 is 18.8 Å². The van der Waals surface area contributed by atoms with Crippen LogP contribution in [0.1, 0.15) is 61.3 Å². The van der Waals surface area contributed by atoms with Gasteiger partial charge in [-0.05, 0) is 67.2 Å². The second kappa shape index (κ2) is 4.88. The second-order valence-corrected chi connectivity index (χ2v) is 9.41. The number of hydrogen-bond donors (Lipinski definition) is 0. The molecule has 0 N–H and O–H groups in total. The smallest absolute Gasteiger partial charge is 0.444 e. The van der Waals surface area contributed by atoms with Crippen molar-refractivity contribution in [1.82, 2.24) is 4.90 Å². The minimum absolute atomic E-state index is 0.0554. The van der Waals surface area contributed by atoms with E-state index in [1.807, 2.05) is 25.7 Å². The minimum atomic E-state index is -0.463. The Morgan fingerprint density at radius 2 is 1.74 bits per heavy atom. The number of fused-ring (bicyclic) bond motifs is 1. The van der Waals surface area contributed by atoms with Crippen molar-refractivity contribution in [2.45, 2.75) is 83.4 Å². The lowest BCUT2D eigenvalue weighted by Crippen LogP contribution is -2.46. The van der Waals surface area contributed by atoms with Gasteiger partial charge in [-0.25, -0.2) is 4.79 Å². The molecule has 2 saturated heterocycles. The van der Waals surface area contributed by atoms with Gasteiger partial charge in [0.05, 0.1) is 11.2 Å². The molecule has 1 amide bonds. The summed E-state index contributed by atoms with van der Waals surface area (Å²) < 4.78 is 18.1. The average Bonchev–Trinajstić information content (AvgIpc) is 3.04. The van der Waals surface area contributed by atoms with Gasteiger partial charge in [0.15, 0.2) is 0 Å². The number of carbonyl (C=O) groups is 1. The number of likely N-dealkylation sites (tertiary alicyclic amines) is 1. The van der Waals surface area contributed by atoms with Crippen molar-refractivity contribution >= 4 is 13.2 Å². The maximum atomic E-state index is 12.4. The van der Waals surface area contributed by atoms with E-state index in [9.17, 15) is 4.79 Å². The summed E-state index contributed by atoms with van der Waals surface area (Å²) in [6.07, 6.45) is 1.85. The topological polar surface area (TPSA) is 48.0 Å². The van der Waals surface area contributed by atoms with Crippen LogP contribution < -0.4 is 0 Å². The number of nitrogens with zero attached hydrogens (tertiary/aromatic N) is 1. The fourth-order valence-electron chi connectivity index (χ4n) is 3.65. The Bertz CT molecular complexity index is 497. The van der Waals surface area contributed by atoms with E-state index in [1.165, 1.54) is 0 Å². The second-order valence-electron chi connectivity index (χ2n) is 9.41. The van der Waals surface area contributed by atoms with E-state index in [2.05, 4.69) is 27.7 Å².